The number of nitrogens with one attached hydrogen (secondary N) is 1. The lowest BCUT2D eigenvalue weighted by atomic mass is 10.1. The standard InChI is InChI=1S/C22H27FN2O3/c1-4-20(22(27)24-5-2)25(15-17-8-12-19(28-3)13-9-17)21(26)14-16-6-10-18(23)11-7-16/h6-13,20H,4-5,14-15H2,1-3H3,(H,24,27)/t20-/m0/s1. The fourth-order valence-corrected chi connectivity index (χ4v) is 3.02. The van der Waals surface area contributed by atoms with E-state index in [9.17, 15) is 14.0 Å². The first-order chi connectivity index (χ1) is 13.5. The molecule has 0 aliphatic heterocycles. The van der Waals surface area contributed by atoms with Gasteiger partial charge < -0.3 is 15.0 Å². The molecule has 0 saturated carbocycles. The molecule has 0 saturated heterocycles. The monoisotopic (exact) mass is 386 g/mol. The van der Waals surface area contributed by atoms with E-state index in [1.165, 1.54) is 12.1 Å². The number of benzene rings is 2. The number of halogens is 1. The number of hydrogen-bond acceptors (Lipinski definition) is 3. The highest BCUT2D eigenvalue weighted by Gasteiger charge is 2.28. The van der Waals surface area contributed by atoms with Gasteiger partial charge in [0, 0.05) is 13.1 Å². The van der Waals surface area contributed by atoms with Gasteiger partial charge in [0.25, 0.3) is 0 Å². The summed E-state index contributed by atoms with van der Waals surface area (Å²) in [4.78, 5) is 27.2. The van der Waals surface area contributed by atoms with Gasteiger partial charge in [-0.2, -0.15) is 0 Å². The molecule has 1 N–H and O–H groups in total. The maximum Gasteiger partial charge on any atom is 0.242 e. The summed E-state index contributed by atoms with van der Waals surface area (Å²) in [6.45, 7) is 4.53. The van der Waals surface area contributed by atoms with Crippen LogP contribution in [-0.4, -0.2) is 36.4 Å². The lowest BCUT2D eigenvalue weighted by Crippen LogP contribution is -2.49. The molecule has 0 radical (unpaired) electrons. The second-order valence-electron chi connectivity index (χ2n) is 6.49. The van der Waals surface area contributed by atoms with Crippen LogP contribution in [0.4, 0.5) is 4.39 Å². The lowest BCUT2D eigenvalue weighted by Gasteiger charge is -2.30. The third kappa shape index (κ3) is 5.81. The van der Waals surface area contributed by atoms with E-state index < -0.39 is 6.04 Å². The summed E-state index contributed by atoms with van der Waals surface area (Å²) in [6, 6.07) is 12.7. The molecule has 2 aromatic rings. The van der Waals surface area contributed by atoms with Gasteiger partial charge in [0.05, 0.1) is 13.5 Å². The van der Waals surface area contributed by atoms with Gasteiger partial charge in [-0.05, 0) is 48.7 Å². The Hall–Kier alpha value is -2.89. The topological polar surface area (TPSA) is 58.6 Å². The van der Waals surface area contributed by atoms with E-state index in [1.807, 2.05) is 38.1 Å². The van der Waals surface area contributed by atoms with Crippen molar-refractivity contribution in [3.63, 3.8) is 0 Å². The largest absolute Gasteiger partial charge is 0.497 e. The molecule has 2 rings (SSSR count). The Balaban J connectivity index is 2.25. The van der Waals surface area contributed by atoms with Crippen LogP contribution in [-0.2, 0) is 22.6 Å². The Morgan fingerprint density at radius 2 is 1.64 bits per heavy atom. The Bertz CT molecular complexity index is 775. The van der Waals surface area contributed by atoms with Crippen LogP contribution in [0, 0.1) is 5.82 Å². The van der Waals surface area contributed by atoms with E-state index in [0.29, 0.717) is 25.1 Å². The van der Waals surface area contributed by atoms with E-state index >= 15 is 0 Å². The first-order valence-electron chi connectivity index (χ1n) is 9.43. The average molecular weight is 386 g/mol. The van der Waals surface area contributed by atoms with E-state index in [4.69, 9.17) is 4.74 Å². The van der Waals surface area contributed by atoms with E-state index in [-0.39, 0.29) is 24.1 Å². The van der Waals surface area contributed by atoms with Crippen LogP contribution in [0.1, 0.15) is 31.4 Å². The van der Waals surface area contributed by atoms with Gasteiger partial charge in [0.15, 0.2) is 0 Å². The average Bonchev–Trinajstić information content (AvgIpc) is 2.70. The van der Waals surface area contributed by atoms with Gasteiger partial charge in [-0.3, -0.25) is 9.59 Å². The number of ether oxygens (including phenoxy) is 1. The third-order valence-electron chi connectivity index (χ3n) is 4.52. The van der Waals surface area contributed by atoms with Gasteiger partial charge in [0.1, 0.15) is 17.6 Å². The molecule has 1 atom stereocenters. The fourth-order valence-electron chi connectivity index (χ4n) is 3.02. The van der Waals surface area contributed by atoms with Crippen molar-refractivity contribution >= 4 is 11.8 Å². The maximum absolute atomic E-state index is 13.1. The molecule has 0 aliphatic rings. The first kappa shape index (κ1) is 21.4. The molecule has 0 aromatic heterocycles. The number of methoxy groups -OCH3 is 1. The van der Waals surface area contributed by atoms with Gasteiger partial charge in [0.2, 0.25) is 11.8 Å². The fraction of sp³-hybridized carbons (Fsp3) is 0.364. The van der Waals surface area contributed by atoms with Crippen LogP contribution >= 0.6 is 0 Å². The Morgan fingerprint density at radius 3 is 2.18 bits per heavy atom. The predicted molar refractivity (Wildman–Crippen MR) is 106 cm³/mol. The molecule has 0 heterocycles. The Kier molecular flexibility index (Phi) is 7.99. The summed E-state index contributed by atoms with van der Waals surface area (Å²) in [6.07, 6.45) is 0.601. The van der Waals surface area contributed by atoms with Crippen molar-refractivity contribution in [3.05, 3.63) is 65.5 Å². The van der Waals surface area contributed by atoms with Crippen molar-refractivity contribution in [2.24, 2.45) is 0 Å². The van der Waals surface area contributed by atoms with Crippen LogP contribution in [0.25, 0.3) is 0 Å². The number of likely N-dealkylation sites (N-methyl/N-ethyl adjacent to an activating group) is 1. The summed E-state index contributed by atoms with van der Waals surface area (Å²) in [5.74, 6) is 0.0234. The molecule has 0 aliphatic carbocycles. The highest BCUT2D eigenvalue weighted by molar-refractivity contribution is 5.88. The number of hydrogen-bond donors (Lipinski definition) is 1. The smallest absolute Gasteiger partial charge is 0.242 e. The van der Waals surface area contributed by atoms with E-state index in [2.05, 4.69) is 5.32 Å². The normalized spacial score (nSPS) is 11.6. The molecule has 28 heavy (non-hydrogen) atoms. The molecule has 2 aromatic carbocycles. The minimum absolute atomic E-state index is 0.104. The first-order valence-corrected chi connectivity index (χ1v) is 9.43. The minimum atomic E-state index is -0.574. The summed E-state index contributed by atoms with van der Waals surface area (Å²) in [5.41, 5.74) is 1.60. The van der Waals surface area contributed by atoms with E-state index in [1.54, 1.807) is 24.1 Å². The SMILES string of the molecule is CCNC(=O)[C@H](CC)N(Cc1ccc(OC)cc1)C(=O)Cc1ccc(F)cc1. The molecule has 0 unspecified atom stereocenters. The number of carbonyl (C=O) groups excluding carboxylic acids is 2. The molecule has 0 bridgehead atoms. The zero-order valence-corrected chi connectivity index (χ0v) is 16.6. The van der Waals surface area contributed by atoms with Gasteiger partial charge in [-0.15, -0.1) is 0 Å². The van der Waals surface area contributed by atoms with Gasteiger partial charge >= 0.3 is 0 Å². The molecule has 0 spiro atoms. The summed E-state index contributed by atoms with van der Waals surface area (Å²) in [7, 11) is 1.59. The maximum atomic E-state index is 13.1. The number of amides is 2. The van der Waals surface area contributed by atoms with Crippen LogP contribution in [0.2, 0.25) is 0 Å². The zero-order valence-electron chi connectivity index (χ0n) is 16.6. The van der Waals surface area contributed by atoms with Gasteiger partial charge in [-0.1, -0.05) is 31.2 Å². The lowest BCUT2D eigenvalue weighted by molar-refractivity contribution is -0.140. The number of rotatable bonds is 9. The molecule has 0 fully saturated rings. The second kappa shape index (κ2) is 10.4. The quantitative estimate of drug-likeness (QED) is 0.719. The Morgan fingerprint density at radius 1 is 1.04 bits per heavy atom. The van der Waals surface area contributed by atoms with Crippen molar-refractivity contribution in [2.75, 3.05) is 13.7 Å². The number of carbonyl (C=O) groups is 2. The van der Waals surface area contributed by atoms with Gasteiger partial charge in [-0.25, -0.2) is 4.39 Å². The highest BCUT2D eigenvalue weighted by Crippen LogP contribution is 2.17. The van der Waals surface area contributed by atoms with Crippen molar-refractivity contribution in [2.45, 2.75) is 39.3 Å². The molecular weight excluding hydrogens is 359 g/mol. The molecule has 6 heteroatoms. The van der Waals surface area contributed by atoms with Crippen LogP contribution in [0.5, 0.6) is 5.75 Å². The third-order valence-corrected chi connectivity index (χ3v) is 4.52. The molecular formula is C22H27FN2O3. The van der Waals surface area contributed by atoms with Crippen LogP contribution in [0.15, 0.2) is 48.5 Å². The van der Waals surface area contributed by atoms with E-state index in [0.717, 1.165) is 11.3 Å². The summed E-state index contributed by atoms with van der Waals surface area (Å²) >= 11 is 0. The van der Waals surface area contributed by atoms with Crippen LogP contribution < -0.4 is 10.1 Å². The van der Waals surface area contributed by atoms with Crippen LogP contribution in [0.3, 0.4) is 0 Å². The summed E-state index contributed by atoms with van der Waals surface area (Å²) in [5, 5.41) is 2.80. The number of nitrogens with zero attached hydrogens (tertiary/aromatic N) is 1. The molecule has 5 nitrogen and oxygen atoms in total. The predicted octanol–water partition coefficient (Wildman–Crippen LogP) is 3.32. The Labute approximate surface area is 165 Å². The van der Waals surface area contributed by atoms with Crippen molar-refractivity contribution in [1.82, 2.24) is 10.2 Å². The van der Waals surface area contributed by atoms with Crippen molar-refractivity contribution in [1.29, 1.82) is 0 Å². The summed E-state index contributed by atoms with van der Waals surface area (Å²) < 4.78 is 18.3. The second-order valence-corrected chi connectivity index (χ2v) is 6.49. The van der Waals surface area contributed by atoms with Crippen molar-refractivity contribution < 1.29 is 18.7 Å². The molecule has 150 valence electrons. The highest BCUT2D eigenvalue weighted by atomic mass is 19.1. The van der Waals surface area contributed by atoms with Crippen molar-refractivity contribution in [3.8, 4) is 5.75 Å². The zero-order chi connectivity index (χ0) is 20.5. The minimum Gasteiger partial charge on any atom is -0.497 e. The molecule has 2 amide bonds.